The molecule has 0 aliphatic heterocycles. The second kappa shape index (κ2) is 7.31. The molecule has 5 heteroatoms. The Balaban J connectivity index is 0.00000137. The summed E-state index contributed by atoms with van der Waals surface area (Å²) in [6.45, 7) is 9.15. The largest absolute Gasteiger partial charge is 0.489 e. The van der Waals surface area contributed by atoms with Crippen LogP contribution in [-0.2, 0) is 6.18 Å². The normalized spacial score (nSPS) is 10.4. The van der Waals surface area contributed by atoms with Crippen LogP contribution in [0.2, 0.25) is 5.02 Å². The molecule has 0 spiro atoms. The van der Waals surface area contributed by atoms with Crippen molar-refractivity contribution >= 4 is 11.6 Å². The third kappa shape index (κ3) is 4.61. The first kappa shape index (κ1) is 16.8. The summed E-state index contributed by atoms with van der Waals surface area (Å²) in [6, 6.07) is 1.82. The van der Waals surface area contributed by atoms with Gasteiger partial charge in [-0.25, -0.2) is 0 Å². The molecule has 1 nitrogen and oxygen atoms in total. The van der Waals surface area contributed by atoms with E-state index in [1.54, 1.807) is 6.92 Å². The average molecular weight is 281 g/mol. The van der Waals surface area contributed by atoms with Crippen molar-refractivity contribution in [3.05, 3.63) is 40.9 Å². The highest BCUT2D eigenvalue weighted by molar-refractivity contribution is 6.31. The van der Waals surface area contributed by atoms with Crippen molar-refractivity contribution in [3.63, 3.8) is 0 Å². The molecule has 1 rings (SSSR count). The van der Waals surface area contributed by atoms with E-state index in [0.717, 1.165) is 12.1 Å². The van der Waals surface area contributed by atoms with Gasteiger partial charge in [0.2, 0.25) is 0 Å². The van der Waals surface area contributed by atoms with Gasteiger partial charge in [-0.05, 0) is 19.1 Å². The van der Waals surface area contributed by atoms with Gasteiger partial charge in [-0.1, -0.05) is 38.1 Å². The van der Waals surface area contributed by atoms with Gasteiger partial charge in [0, 0.05) is 10.6 Å². The molecule has 0 aromatic heterocycles. The maximum atomic E-state index is 12.5. The minimum absolute atomic E-state index is 0.0360. The number of benzene rings is 1. The SMILES string of the molecule is C=CCOc1cc(C(F)(F)F)cc(Cl)c1C.CC. The fraction of sp³-hybridized carbons (Fsp3) is 0.385. The van der Waals surface area contributed by atoms with Gasteiger partial charge in [0.25, 0.3) is 0 Å². The van der Waals surface area contributed by atoms with Crippen molar-refractivity contribution in [2.75, 3.05) is 6.61 Å². The van der Waals surface area contributed by atoms with E-state index in [-0.39, 0.29) is 17.4 Å². The van der Waals surface area contributed by atoms with E-state index in [4.69, 9.17) is 16.3 Å². The van der Waals surface area contributed by atoms with Gasteiger partial charge >= 0.3 is 6.18 Å². The maximum Gasteiger partial charge on any atom is 0.416 e. The summed E-state index contributed by atoms with van der Waals surface area (Å²) in [5.74, 6) is 0.125. The highest BCUT2D eigenvalue weighted by Crippen LogP contribution is 2.36. The number of ether oxygens (including phenoxy) is 1. The molecular weight excluding hydrogens is 265 g/mol. The molecule has 1 aromatic rings. The van der Waals surface area contributed by atoms with E-state index in [1.807, 2.05) is 13.8 Å². The van der Waals surface area contributed by atoms with Crippen molar-refractivity contribution in [1.29, 1.82) is 0 Å². The summed E-state index contributed by atoms with van der Waals surface area (Å²) >= 11 is 5.70. The lowest BCUT2D eigenvalue weighted by Crippen LogP contribution is -2.06. The number of halogens is 4. The van der Waals surface area contributed by atoms with Crippen molar-refractivity contribution < 1.29 is 17.9 Å². The summed E-state index contributed by atoms with van der Waals surface area (Å²) in [7, 11) is 0. The molecule has 18 heavy (non-hydrogen) atoms. The first-order valence-electron chi connectivity index (χ1n) is 5.47. The van der Waals surface area contributed by atoms with Crippen molar-refractivity contribution in [3.8, 4) is 5.75 Å². The first-order valence-corrected chi connectivity index (χ1v) is 5.85. The molecule has 0 aliphatic carbocycles. The van der Waals surface area contributed by atoms with Gasteiger partial charge in [-0.2, -0.15) is 13.2 Å². The number of alkyl halides is 3. The molecule has 0 radical (unpaired) electrons. The zero-order valence-electron chi connectivity index (χ0n) is 10.6. The number of hydrogen-bond acceptors (Lipinski definition) is 1. The van der Waals surface area contributed by atoms with E-state index in [1.165, 1.54) is 6.08 Å². The second-order valence-electron chi connectivity index (χ2n) is 3.18. The molecule has 0 unspecified atom stereocenters. The Bertz CT molecular complexity index is 400. The molecule has 0 bridgehead atoms. The quantitative estimate of drug-likeness (QED) is 0.686. The van der Waals surface area contributed by atoms with E-state index < -0.39 is 11.7 Å². The highest BCUT2D eigenvalue weighted by Gasteiger charge is 2.32. The van der Waals surface area contributed by atoms with Crippen LogP contribution in [0.5, 0.6) is 5.75 Å². The third-order valence-corrected chi connectivity index (χ3v) is 2.37. The van der Waals surface area contributed by atoms with Gasteiger partial charge in [0.05, 0.1) is 5.56 Å². The predicted molar refractivity (Wildman–Crippen MR) is 68.2 cm³/mol. The third-order valence-electron chi connectivity index (χ3n) is 1.98. The lowest BCUT2D eigenvalue weighted by molar-refractivity contribution is -0.137. The Labute approximate surface area is 110 Å². The molecule has 0 N–H and O–H groups in total. The average Bonchev–Trinajstić information content (AvgIpc) is 2.32. The summed E-state index contributed by atoms with van der Waals surface area (Å²) in [4.78, 5) is 0. The number of rotatable bonds is 3. The molecular formula is C13H16ClF3O. The van der Waals surface area contributed by atoms with Crippen LogP contribution < -0.4 is 4.74 Å². The van der Waals surface area contributed by atoms with Crippen LogP contribution >= 0.6 is 11.6 Å². The second-order valence-corrected chi connectivity index (χ2v) is 3.59. The Hall–Kier alpha value is -1.16. The Morgan fingerprint density at radius 3 is 2.33 bits per heavy atom. The summed E-state index contributed by atoms with van der Waals surface area (Å²) < 4.78 is 42.5. The molecule has 0 saturated heterocycles. The molecule has 0 aliphatic rings. The standard InChI is InChI=1S/C11H10ClF3O.C2H6/c1-3-4-16-10-6-8(11(13,14)15)5-9(12)7(10)2;1-2/h3,5-6H,1,4H2,2H3;1-2H3. The summed E-state index contributed by atoms with van der Waals surface area (Å²) in [5, 5.41) is 0.0360. The van der Waals surface area contributed by atoms with Gasteiger partial charge in [-0.15, -0.1) is 0 Å². The van der Waals surface area contributed by atoms with Crippen LogP contribution in [0, 0.1) is 6.92 Å². The van der Waals surface area contributed by atoms with Gasteiger partial charge in [-0.3, -0.25) is 0 Å². The molecule has 0 heterocycles. The maximum absolute atomic E-state index is 12.5. The zero-order valence-corrected chi connectivity index (χ0v) is 11.3. The zero-order chi connectivity index (χ0) is 14.3. The van der Waals surface area contributed by atoms with Crippen molar-refractivity contribution in [1.82, 2.24) is 0 Å². The number of hydrogen-bond donors (Lipinski definition) is 0. The van der Waals surface area contributed by atoms with Crippen LogP contribution in [-0.4, -0.2) is 6.61 Å². The summed E-state index contributed by atoms with van der Waals surface area (Å²) in [6.07, 6.45) is -2.97. The minimum atomic E-state index is -4.43. The molecule has 102 valence electrons. The minimum Gasteiger partial charge on any atom is -0.489 e. The fourth-order valence-corrected chi connectivity index (χ4v) is 1.33. The van der Waals surface area contributed by atoms with Crippen LogP contribution in [0.25, 0.3) is 0 Å². The van der Waals surface area contributed by atoms with E-state index in [0.29, 0.717) is 5.56 Å². The van der Waals surface area contributed by atoms with Gasteiger partial charge in [0.1, 0.15) is 12.4 Å². The lowest BCUT2D eigenvalue weighted by Gasteiger charge is -2.13. The monoisotopic (exact) mass is 280 g/mol. The molecule has 0 amide bonds. The van der Waals surface area contributed by atoms with Crippen LogP contribution in [0.1, 0.15) is 25.0 Å². The molecule has 0 fully saturated rings. The predicted octanol–water partition coefficient (Wildman–Crippen LogP) is 5.26. The Morgan fingerprint density at radius 1 is 1.33 bits per heavy atom. The lowest BCUT2D eigenvalue weighted by atomic mass is 10.1. The Morgan fingerprint density at radius 2 is 1.89 bits per heavy atom. The molecule has 0 saturated carbocycles. The van der Waals surface area contributed by atoms with Crippen LogP contribution in [0.4, 0.5) is 13.2 Å². The molecule has 1 aromatic carbocycles. The molecule has 0 atom stereocenters. The van der Waals surface area contributed by atoms with Crippen molar-refractivity contribution in [2.24, 2.45) is 0 Å². The topological polar surface area (TPSA) is 9.23 Å². The van der Waals surface area contributed by atoms with Gasteiger partial charge in [0.15, 0.2) is 0 Å². The van der Waals surface area contributed by atoms with E-state index >= 15 is 0 Å². The van der Waals surface area contributed by atoms with Crippen molar-refractivity contribution in [2.45, 2.75) is 26.9 Å². The Kier molecular flexibility index (Phi) is 6.84. The summed E-state index contributed by atoms with van der Waals surface area (Å²) in [5.41, 5.74) is -0.335. The first-order chi connectivity index (χ1) is 8.36. The van der Waals surface area contributed by atoms with E-state index in [9.17, 15) is 13.2 Å². The fourth-order valence-electron chi connectivity index (χ4n) is 1.12. The van der Waals surface area contributed by atoms with E-state index in [2.05, 4.69) is 6.58 Å². The van der Waals surface area contributed by atoms with Crippen LogP contribution in [0.3, 0.4) is 0 Å². The highest BCUT2D eigenvalue weighted by atomic mass is 35.5. The van der Waals surface area contributed by atoms with Crippen LogP contribution in [0.15, 0.2) is 24.8 Å². The smallest absolute Gasteiger partial charge is 0.416 e. The van der Waals surface area contributed by atoms with Gasteiger partial charge < -0.3 is 4.74 Å².